The highest BCUT2D eigenvalue weighted by atomic mass is 35.5. The minimum Gasteiger partial charge on any atom is -0.382 e. The Bertz CT molecular complexity index is 2890. The van der Waals surface area contributed by atoms with Crippen LogP contribution in [-0.4, -0.2) is 141 Å². The van der Waals surface area contributed by atoms with Gasteiger partial charge in [-0.05, 0) is 104 Å². The van der Waals surface area contributed by atoms with Crippen LogP contribution in [0.4, 0.5) is 11.4 Å². The number of carbonyl (C=O) groups is 6. The molecule has 0 radical (unpaired) electrons. The highest BCUT2D eigenvalue weighted by molar-refractivity contribution is 7.92. The molecule has 6 amide bonds. The number of anilines is 2. The number of hydrogen-bond acceptors (Lipinski definition) is 14. The molecule has 2 fully saturated rings. The first-order chi connectivity index (χ1) is 36.7. The highest BCUT2D eigenvalue weighted by Crippen LogP contribution is 2.54. The molecule has 0 spiro atoms. The Morgan fingerprint density at radius 3 is 2.09 bits per heavy atom. The molecular weight excluding hydrogens is 1050 g/mol. The molecule has 0 aromatic heterocycles. The van der Waals surface area contributed by atoms with E-state index in [-0.39, 0.29) is 86.2 Å². The molecule has 21 heteroatoms. The molecule has 3 aliphatic heterocycles. The Morgan fingerprint density at radius 1 is 0.805 bits per heavy atom. The normalized spacial score (nSPS) is 21.3. The molecule has 77 heavy (non-hydrogen) atoms. The molecule has 414 valence electrons. The summed E-state index contributed by atoms with van der Waals surface area (Å²) in [5.41, 5.74) is 2.25. The first-order valence-corrected chi connectivity index (χ1v) is 28.3. The third kappa shape index (κ3) is 14.5. The quantitative estimate of drug-likeness (QED) is 0.0331. The molecule has 0 aliphatic carbocycles. The lowest BCUT2D eigenvalue weighted by Gasteiger charge is -2.56. The summed E-state index contributed by atoms with van der Waals surface area (Å²) in [6.45, 7) is 11.3. The molecular formula is C56H68Cl2N6O12S. The zero-order valence-corrected chi connectivity index (χ0v) is 46.2. The summed E-state index contributed by atoms with van der Waals surface area (Å²) < 4.78 is 44.1. The molecule has 0 saturated carbocycles. The number of piperidine rings is 2. The van der Waals surface area contributed by atoms with Gasteiger partial charge in [0.15, 0.2) is 9.84 Å². The van der Waals surface area contributed by atoms with Gasteiger partial charge in [0, 0.05) is 76.3 Å². The SMILES string of the molecule is CC(C)[C@@H](CS(=O)(=O)C(C)C)N1C(O)[C@@](C)(CC(=O)Nc2ccc(C(=O)NCCOCCOCCOCCNc3cccc4c3C(=O)N(C3CCC(=O)NC3=O)C4=O)cc2)C[C@H](c2cccc(Cl)c2)[C@H]1c1ccc(Cl)cc1. The van der Waals surface area contributed by atoms with Crippen molar-refractivity contribution >= 4 is 79.9 Å². The van der Waals surface area contributed by atoms with Gasteiger partial charge in [-0.3, -0.25) is 43.9 Å². The number of rotatable bonds is 25. The molecule has 4 aromatic rings. The molecule has 18 nitrogen and oxygen atoms in total. The standard InChI is InChI=1S/C56H68Cl2N6O12S/c1-34(2)46(33-77(72,73)35(3)4)63-50(36-12-16-39(57)17-13-36)43(38-8-6-9-40(58)30-38)31-56(5,55(63)71)32-48(66)61-41-18-14-37(15-19-41)51(67)60-23-25-75-27-29-76-28-26-74-24-22-59-44-11-7-10-42-49(44)54(70)64(53(42)69)45-20-21-47(65)62-52(45)68/h6-19,30,34-35,43,45-46,50,55,59,71H,20-29,31-33H2,1-5H3,(H,60,67)(H,61,66)(H,62,65,68)/t43-,45?,46-,50-,55?,56-/m1/s1. The van der Waals surface area contributed by atoms with Crippen LogP contribution in [0.2, 0.25) is 10.0 Å². The first-order valence-electron chi connectivity index (χ1n) is 25.9. The molecule has 4 aromatic carbocycles. The van der Waals surface area contributed by atoms with Crippen LogP contribution in [0.25, 0.3) is 0 Å². The number of sulfone groups is 1. The van der Waals surface area contributed by atoms with Crippen LogP contribution < -0.4 is 21.3 Å². The number of nitrogens with zero attached hydrogens (tertiary/aromatic N) is 2. The van der Waals surface area contributed by atoms with E-state index in [4.69, 9.17) is 37.4 Å². The van der Waals surface area contributed by atoms with E-state index in [1.165, 1.54) is 6.07 Å². The van der Waals surface area contributed by atoms with E-state index in [9.17, 15) is 42.3 Å². The van der Waals surface area contributed by atoms with Crippen molar-refractivity contribution in [1.82, 2.24) is 20.4 Å². The lowest BCUT2D eigenvalue weighted by atomic mass is 9.66. The minimum absolute atomic E-state index is 0.0364. The summed E-state index contributed by atoms with van der Waals surface area (Å²) in [5.74, 6) is -3.73. The third-order valence-electron chi connectivity index (χ3n) is 14.4. The van der Waals surface area contributed by atoms with Crippen molar-refractivity contribution in [2.75, 3.05) is 69.1 Å². The van der Waals surface area contributed by atoms with Crippen molar-refractivity contribution in [3.05, 3.63) is 129 Å². The van der Waals surface area contributed by atoms with Gasteiger partial charge in [-0.25, -0.2) is 8.42 Å². The van der Waals surface area contributed by atoms with Crippen LogP contribution in [-0.2, 0) is 38.4 Å². The molecule has 3 aliphatic rings. The van der Waals surface area contributed by atoms with E-state index in [0.717, 1.165) is 16.0 Å². The fourth-order valence-electron chi connectivity index (χ4n) is 10.2. The monoisotopic (exact) mass is 1120 g/mol. The number of aliphatic hydroxyl groups excluding tert-OH is 1. The molecule has 2 saturated heterocycles. The summed E-state index contributed by atoms with van der Waals surface area (Å²) in [5, 5.41) is 24.1. The summed E-state index contributed by atoms with van der Waals surface area (Å²) >= 11 is 12.9. The average Bonchev–Trinajstić information content (AvgIpc) is 3.71. The van der Waals surface area contributed by atoms with Crippen LogP contribution in [0.15, 0.2) is 91.0 Å². The molecule has 7 rings (SSSR count). The highest BCUT2D eigenvalue weighted by Gasteiger charge is 2.54. The number of amides is 6. The first kappa shape index (κ1) is 58.9. The van der Waals surface area contributed by atoms with E-state index in [1.807, 2.05) is 56.0 Å². The average molecular weight is 1120 g/mol. The topological polar surface area (TPSA) is 239 Å². The number of imide groups is 2. The van der Waals surface area contributed by atoms with Gasteiger partial charge in [0.25, 0.3) is 17.7 Å². The Hall–Kier alpha value is -5.77. The Kier molecular flexibility index (Phi) is 20.1. The van der Waals surface area contributed by atoms with Crippen LogP contribution in [0, 0.1) is 11.3 Å². The number of fused-ring (bicyclic) bond motifs is 1. The zero-order chi connectivity index (χ0) is 55.6. The maximum atomic E-state index is 14.0. The summed E-state index contributed by atoms with van der Waals surface area (Å²) in [6, 6.07) is 23.9. The molecule has 2 unspecified atom stereocenters. The predicted molar refractivity (Wildman–Crippen MR) is 293 cm³/mol. The third-order valence-corrected chi connectivity index (χ3v) is 17.1. The maximum Gasteiger partial charge on any atom is 0.264 e. The summed E-state index contributed by atoms with van der Waals surface area (Å²) in [4.78, 5) is 80.2. The fourth-order valence-corrected chi connectivity index (χ4v) is 12.0. The number of hydrogen-bond donors (Lipinski definition) is 5. The summed E-state index contributed by atoms with van der Waals surface area (Å²) in [7, 11) is -3.59. The lowest BCUT2D eigenvalue weighted by Crippen LogP contribution is -2.61. The van der Waals surface area contributed by atoms with Crippen molar-refractivity contribution < 1.29 is 56.5 Å². The van der Waals surface area contributed by atoms with Crippen molar-refractivity contribution in [1.29, 1.82) is 0 Å². The second kappa shape index (κ2) is 26.3. The van der Waals surface area contributed by atoms with Crippen LogP contribution in [0.1, 0.15) is 114 Å². The fraction of sp³-hybridized carbons (Fsp3) is 0.464. The summed E-state index contributed by atoms with van der Waals surface area (Å²) in [6.07, 6.45) is -0.896. The molecule has 5 N–H and O–H groups in total. The number of likely N-dealkylation sites (tertiary alicyclic amines) is 1. The predicted octanol–water partition coefficient (Wildman–Crippen LogP) is 7.02. The number of benzene rings is 4. The van der Waals surface area contributed by atoms with Crippen LogP contribution in [0.3, 0.4) is 0 Å². The number of nitrogens with one attached hydrogen (secondary N) is 4. The maximum absolute atomic E-state index is 14.0. The van der Waals surface area contributed by atoms with Crippen LogP contribution >= 0.6 is 23.2 Å². The lowest BCUT2D eigenvalue weighted by molar-refractivity contribution is -0.173. The van der Waals surface area contributed by atoms with Gasteiger partial charge < -0.3 is 35.3 Å². The smallest absolute Gasteiger partial charge is 0.264 e. The largest absolute Gasteiger partial charge is 0.382 e. The van der Waals surface area contributed by atoms with E-state index < -0.39 is 68.5 Å². The van der Waals surface area contributed by atoms with Gasteiger partial charge in [-0.2, -0.15) is 0 Å². The van der Waals surface area contributed by atoms with E-state index in [1.54, 1.807) is 68.4 Å². The van der Waals surface area contributed by atoms with E-state index in [0.29, 0.717) is 59.8 Å². The zero-order valence-electron chi connectivity index (χ0n) is 43.9. The molecule has 6 atom stereocenters. The number of halogens is 2. The van der Waals surface area contributed by atoms with Crippen molar-refractivity contribution in [2.24, 2.45) is 11.3 Å². The van der Waals surface area contributed by atoms with Crippen molar-refractivity contribution in [3.63, 3.8) is 0 Å². The van der Waals surface area contributed by atoms with Gasteiger partial charge >= 0.3 is 0 Å². The van der Waals surface area contributed by atoms with Gasteiger partial charge in [-0.1, -0.05) is 74.3 Å². The molecule has 3 heterocycles. The van der Waals surface area contributed by atoms with Gasteiger partial charge in [0.2, 0.25) is 17.7 Å². The van der Waals surface area contributed by atoms with Crippen LogP contribution in [0.5, 0.6) is 0 Å². The van der Waals surface area contributed by atoms with Gasteiger partial charge in [0.05, 0.1) is 61.8 Å². The Morgan fingerprint density at radius 2 is 1.45 bits per heavy atom. The Balaban J connectivity index is 0.843. The minimum atomic E-state index is -3.59. The van der Waals surface area contributed by atoms with E-state index in [2.05, 4.69) is 21.3 Å². The van der Waals surface area contributed by atoms with Gasteiger partial charge in [-0.15, -0.1) is 0 Å². The Labute approximate surface area is 459 Å². The van der Waals surface area contributed by atoms with Crippen molar-refractivity contribution in [2.45, 2.75) is 95.8 Å². The number of carbonyl (C=O) groups excluding carboxylic acids is 6. The second-order valence-corrected chi connectivity index (χ2v) is 24.0. The van der Waals surface area contributed by atoms with Crippen molar-refractivity contribution in [3.8, 4) is 0 Å². The second-order valence-electron chi connectivity index (χ2n) is 20.5. The number of ether oxygens (including phenoxy) is 3. The molecule has 0 bridgehead atoms. The number of aliphatic hydroxyl groups is 1. The van der Waals surface area contributed by atoms with Gasteiger partial charge in [0.1, 0.15) is 12.3 Å². The van der Waals surface area contributed by atoms with E-state index >= 15 is 0 Å².